The van der Waals surface area contributed by atoms with Crippen LogP contribution in [0.1, 0.15) is 5.56 Å². The zero-order valence-corrected chi connectivity index (χ0v) is 17.3. The van der Waals surface area contributed by atoms with Gasteiger partial charge in [-0.05, 0) is 60.5 Å². The van der Waals surface area contributed by atoms with Crippen LogP contribution in [0.3, 0.4) is 0 Å². The minimum Gasteiger partial charge on any atom is -0.346 e. The molecule has 0 saturated heterocycles. The van der Waals surface area contributed by atoms with E-state index < -0.39 is 0 Å². The van der Waals surface area contributed by atoms with Gasteiger partial charge in [-0.2, -0.15) is 0 Å². The molecule has 0 saturated carbocycles. The number of aromatic amines is 1. The van der Waals surface area contributed by atoms with E-state index in [1.54, 1.807) is 18.3 Å². The molecule has 0 aliphatic heterocycles. The number of pyridine rings is 2. The minimum atomic E-state index is -0.323. The van der Waals surface area contributed by atoms with E-state index in [-0.39, 0.29) is 11.2 Å². The summed E-state index contributed by atoms with van der Waals surface area (Å²) in [6.07, 6.45) is 3.49. The number of anilines is 1. The first-order chi connectivity index (χ1) is 14.0. The van der Waals surface area contributed by atoms with Gasteiger partial charge in [0.05, 0.1) is 21.8 Å². The predicted molar refractivity (Wildman–Crippen MR) is 120 cm³/mol. The summed E-state index contributed by atoms with van der Waals surface area (Å²) in [5.74, 6) is -0.323. The Hall–Kier alpha value is -2.83. The van der Waals surface area contributed by atoms with Crippen molar-refractivity contribution >= 4 is 40.3 Å². The molecule has 146 valence electrons. The van der Waals surface area contributed by atoms with Gasteiger partial charge in [-0.3, -0.25) is 4.79 Å². The fourth-order valence-corrected chi connectivity index (χ4v) is 4.12. The van der Waals surface area contributed by atoms with Crippen LogP contribution in [0, 0.1) is 12.7 Å². The van der Waals surface area contributed by atoms with E-state index in [0.29, 0.717) is 21.7 Å². The van der Waals surface area contributed by atoms with Crippen molar-refractivity contribution in [2.45, 2.75) is 6.92 Å². The molecule has 7 heteroatoms. The van der Waals surface area contributed by atoms with E-state index in [1.807, 2.05) is 31.4 Å². The van der Waals surface area contributed by atoms with Crippen molar-refractivity contribution in [2.24, 2.45) is 0 Å². The van der Waals surface area contributed by atoms with Crippen LogP contribution < -0.4 is 10.2 Å². The molecular formula is C22H17ClFN3OS. The van der Waals surface area contributed by atoms with E-state index in [0.717, 1.165) is 27.9 Å². The lowest BCUT2D eigenvalue weighted by molar-refractivity contribution is 0.628. The number of aryl methyl sites for hydroxylation is 1. The lowest BCUT2D eigenvalue weighted by atomic mass is 9.96. The van der Waals surface area contributed by atoms with Gasteiger partial charge >= 0.3 is 0 Å². The second-order valence-electron chi connectivity index (χ2n) is 6.59. The van der Waals surface area contributed by atoms with Crippen LogP contribution in [0.15, 0.2) is 59.5 Å². The molecule has 29 heavy (non-hydrogen) atoms. The summed E-state index contributed by atoms with van der Waals surface area (Å²) >= 11 is 7.98. The Labute approximate surface area is 176 Å². The summed E-state index contributed by atoms with van der Waals surface area (Å²) < 4.78 is 16.6. The van der Waals surface area contributed by atoms with Crippen molar-refractivity contribution < 1.29 is 4.39 Å². The standard InChI is InChI=1S/C22H17ClFN3OS/c1-12-9-14(10-18(23)20(12)27-29-2)16-11-17-19(28)7-8-25-22(17)26-21(16)13-3-5-15(24)6-4-13/h3-11,27H,1-2H3,(H,25,26,28). The maximum Gasteiger partial charge on any atom is 0.191 e. The van der Waals surface area contributed by atoms with Crippen LogP contribution in [-0.2, 0) is 0 Å². The first-order valence-electron chi connectivity index (χ1n) is 8.86. The van der Waals surface area contributed by atoms with Crippen molar-refractivity contribution in [3.05, 3.63) is 81.4 Å². The fourth-order valence-electron chi connectivity index (χ4n) is 3.28. The molecule has 0 atom stereocenters. The highest BCUT2D eigenvalue weighted by Gasteiger charge is 2.16. The normalized spacial score (nSPS) is 11.0. The molecule has 2 N–H and O–H groups in total. The number of hydrogen-bond acceptors (Lipinski definition) is 4. The number of nitrogens with zero attached hydrogens (tertiary/aromatic N) is 1. The van der Waals surface area contributed by atoms with Crippen LogP contribution >= 0.6 is 23.5 Å². The Morgan fingerprint density at radius 1 is 1.10 bits per heavy atom. The Balaban J connectivity index is 2.02. The van der Waals surface area contributed by atoms with E-state index in [2.05, 4.69) is 14.7 Å². The monoisotopic (exact) mass is 425 g/mol. The summed E-state index contributed by atoms with van der Waals surface area (Å²) in [5, 5.41) is 1.05. The number of nitrogens with one attached hydrogen (secondary N) is 2. The molecule has 0 unspecified atom stereocenters. The number of fused-ring (bicyclic) bond motifs is 1. The van der Waals surface area contributed by atoms with Crippen LogP contribution in [0.25, 0.3) is 33.4 Å². The smallest absolute Gasteiger partial charge is 0.191 e. The van der Waals surface area contributed by atoms with E-state index >= 15 is 0 Å². The molecule has 4 rings (SSSR count). The zero-order valence-electron chi connectivity index (χ0n) is 15.7. The van der Waals surface area contributed by atoms with E-state index in [1.165, 1.54) is 30.1 Å². The largest absolute Gasteiger partial charge is 0.346 e. The molecule has 0 spiro atoms. The quantitative estimate of drug-likeness (QED) is 0.391. The molecule has 0 bridgehead atoms. The average Bonchev–Trinajstić information content (AvgIpc) is 2.70. The first-order valence-corrected chi connectivity index (χ1v) is 10.5. The highest BCUT2D eigenvalue weighted by molar-refractivity contribution is 7.99. The molecule has 2 heterocycles. The fraction of sp³-hybridized carbons (Fsp3) is 0.0909. The first kappa shape index (κ1) is 19.5. The highest BCUT2D eigenvalue weighted by Crippen LogP contribution is 2.37. The Bertz CT molecular complexity index is 1250. The molecule has 0 amide bonds. The number of rotatable bonds is 4. The third kappa shape index (κ3) is 3.73. The van der Waals surface area contributed by atoms with Crippen molar-refractivity contribution in [1.29, 1.82) is 0 Å². The summed E-state index contributed by atoms with van der Waals surface area (Å²) in [6, 6.07) is 13.3. The van der Waals surface area contributed by atoms with Crippen molar-refractivity contribution in [3.63, 3.8) is 0 Å². The van der Waals surface area contributed by atoms with Crippen LogP contribution in [0.4, 0.5) is 10.1 Å². The Morgan fingerprint density at radius 3 is 2.55 bits per heavy atom. The summed E-state index contributed by atoms with van der Waals surface area (Å²) in [6.45, 7) is 1.97. The maximum atomic E-state index is 13.5. The van der Waals surface area contributed by atoms with Gasteiger partial charge in [0.15, 0.2) is 5.43 Å². The van der Waals surface area contributed by atoms with E-state index in [4.69, 9.17) is 11.6 Å². The lowest BCUT2D eigenvalue weighted by Crippen LogP contribution is -2.03. The molecule has 0 aliphatic rings. The summed E-state index contributed by atoms with van der Waals surface area (Å²) in [4.78, 5) is 20.1. The molecule has 4 aromatic rings. The van der Waals surface area contributed by atoms with Gasteiger partial charge in [0.2, 0.25) is 0 Å². The third-order valence-electron chi connectivity index (χ3n) is 4.66. The second kappa shape index (κ2) is 7.89. The Kier molecular flexibility index (Phi) is 5.30. The topological polar surface area (TPSA) is 57.8 Å². The van der Waals surface area contributed by atoms with Crippen LogP contribution in [0.5, 0.6) is 0 Å². The van der Waals surface area contributed by atoms with Gasteiger partial charge in [0.1, 0.15) is 11.5 Å². The second-order valence-corrected chi connectivity index (χ2v) is 7.61. The molecule has 2 aromatic heterocycles. The molecule has 2 aromatic carbocycles. The molecular weight excluding hydrogens is 409 g/mol. The minimum absolute atomic E-state index is 0.123. The number of benzene rings is 2. The van der Waals surface area contributed by atoms with Gasteiger partial charge in [-0.15, -0.1) is 0 Å². The molecule has 0 radical (unpaired) electrons. The van der Waals surface area contributed by atoms with Gasteiger partial charge in [-0.1, -0.05) is 23.5 Å². The van der Waals surface area contributed by atoms with Crippen LogP contribution in [0.2, 0.25) is 5.02 Å². The highest BCUT2D eigenvalue weighted by atomic mass is 35.5. The van der Waals surface area contributed by atoms with E-state index in [9.17, 15) is 9.18 Å². The average molecular weight is 426 g/mol. The summed E-state index contributed by atoms with van der Waals surface area (Å²) in [7, 11) is 0. The number of halogens is 2. The lowest BCUT2D eigenvalue weighted by Gasteiger charge is -2.15. The third-order valence-corrected chi connectivity index (χ3v) is 5.37. The SMILES string of the molecule is CSNc1c(C)cc(-c2cc3c(=O)cc[nH]c3nc2-c2ccc(F)cc2)cc1Cl. The maximum absolute atomic E-state index is 13.5. The molecule has 0 fully saturated rings. The van der Waals surface area contributed by atoms with Gasteiger partial charge in [-0.25, -0.2) is 9.37 Å². The van der Waals surface area contributed by atoms with Crippen molar-refractivity contribution in [3.8, 4) is 22.4 Å². The van der Waals surface area contributed by atoms with Crippen LogP contribution in [-0.4, -0.2) is 16.2 Å². The summed E-state index contributed by atoms with van der Waals surface area (Å²) in [5.41, 5.74) is 5.13. The van der Waals surface area contributed by atoms with Gasteiger partial charge in [0.25, 0.3) is 0 Å². The van der Waals surface area contributed by atoms with Crippen molar-refractivity contribution in [1.82, 2.24) is 9.97 Å². The number of aromatic nitrogens is 2. The molecule has 4 nitrogen and oxygen atoms in total. The van der Waals surface area contributed by atoms with Gasteiger partial charge in [0, 0.05) is 29.6 Å². The van der Waals surface area contributed by atoms with Crippen molar-refractivity contribution in [2.75, 3.05) is 11.0 Å². The van der Waals surface area contributed by atoms with Gasteiger partial charge < -0.3 is 9.71 Å². The molecule has 0 aliphatic carbocycles. The zero-order chi connectivity index (χ0) is 20.5. The number of H-pyrrole nitrogens is 1. The predicted octanol–water partition coefficient (Wildman–Crippen LogP) is 6.05. The Morgan fingerprint density at radius 2 is 1.86 bits per heavy atom. The number of hydrogen-bond donors (Lipinski definition) is 2.